The summed E-state index contributed by atoms with van der Waals surface area (Å²) in [5.74, 6) is 0.199. The van der Waals surface area contributed by atoms with Crippen LogP contribution in [0.5, 0.6) is 17.2 Å². The van der Waals surface area contributed by atoms with E-state index in [-0.39, 0.29) is 22.4 Å². The smallest absolute Gasteiger partial charge is 0.271 e. The Morgan fingerprint density at radius 2 is 1.69 bits per heavy atom. The molecule has 0 atom stereocenters. The zero-order valence-electron chi connectivity index (χ0n) is 21.2. The molecule has 0 fully saturated rings. The second-order valence-corrected chi connectivity index (χ2v) is 9.23. The first-order valence-corrected chi connectivity index (χ1v) is 12.9. The molecular formula is C28H26Cl3N3O5. The van der Waals surface area contributed by atoms with Crippen molar-refractivity contribution in [2.75, 3.05) is 25.1 Å². The van der Waals surface area contributed by atoms with Gasteiger partial charge in [0.05, 0.1) is 22.9 Å². The molecule has 0 heterocycles. The largest absolute Gasteiger partial charge is 0.490 e. The van der Waals surface area contributed by atoms with Crippen molar-refractivity contribution < 1.29 is 23.8 Å². The second kappa shape index (κ2) is 14.4. The van der Waals surface area contributed by atoms with Crippen molar-refractivity contribution >= 4 is 58.5 Å². The van der Waals surface area contributed by atoms with Crippen molar-refractivity contribution in [2.45, 2.75) is 13.8 Å². The van der Waals surface area contributed by atoms with Crippen LogP contribution in [-0.2, 0) is 4.79 Å². The first-order valence-electron chi connectivity index (χ1n) is 11.7. The van der Waals surface area contributed by atoms with Crippen molar-refractivity contribution in [3.63, 3.8) is 0 Å². The highest BCUT2D eigenvalue weighted by atomic mass is 35.5. The van der Waals surface area contributed by atoms with Crippen LogP contribution in [0, 0.1) is 6.92 Å². The van der Waals surface area contributed by atoms with Crippen LogP contribution in [-0.4, -0.2) is 37.8 Å². The summed E-state index contributed by atoms with van der Waals surface area (Å²) in [7, 11) is 0. The van der Waals surface area contributed by atoms with Gasteiger partial charge in [-0.1, -0.05) is 53.5 Å². The Morgan fingerprint density at radius 1 is 0.949 bits per heavy atom. The highest BCUT2D eigenvalue weighted by Gasteiger charge is 2.13. The van der Waals surface area contributed by atoms with Gasteiger partial charge in [-0.15, -0.1) is 0 Å². The number of nitrogens with one attached hydrogen (secondary N) is 2. The lowest BCUT2D eigenvalue weighted by Gasteiger charge is -2.12. The van der Waals surface area contributed by atoms with Gasteiger partial charge in [0.15, 0.2) is 23.9 Å². The van der Waals surface area contributed by atoms with Gasteiger partial charge in [-0.3, -0.25) is 9.59 Å². The third-order valence-electron chi connectivity index (χ3n) is 5.07. The summed E-state index contributed by atoms with van der Waals surface area (Å²) in [6.07, 6.45) is 2.99. The van der Waals surface area contributed by atoms with Gasteiger partial charge < -0.3 is 19.5 Å². The monoisotopic (exact) mass is 589 g/mol. The SMILES string of the molecule is C=CCOc1ccc(C(=O)N/N=C/c2cc(Cl)c(OCC(=O)Nc3ccc(C)c(Cl)c3)c(Cl)c2)cc1OCC. The number of hydrazone groups is 1. The van der Waals surface area contributed by atoms with E-state index in [1.54, 1.807) is 42.5 Å². The molecule has 0 aliphatic carbocycles. The molecule has 0 unspecified atom stereocenters. The Bertz CT molecular complexity index is 1370. The molecule has 3 rings (SSSR count). The Labute approximate surface area is 241 Å². The summed E-state index contributed by atoms with van der Waals surface area (Å²) in [4.78, 5) is 24.8. The van der Waals surface area contributed by atoms with Crippen LogP contribution in [0.2, 0.25) is 15.1 Å². The second-order valence-electron chi connectivity index (χ2n) is 8.01. The molecule has 2 amide bonds. The number of aryl methyl sites for hydroxylation is 1. The summed E-state index contributed by atoms with van der Waals surface area (Å²) in [6.45, 7) is 7.70. The number of hydrogen-bond donors (Lipinski definition) is 2. The molecule has 2 N–H and O–H groups in total. The number of anilines is 1. The van der Waals surface area contributed by atoms with E-state index in [1.807, 2.05) is 13.8 Å². The first kappa shape index (κ1) is 29.8. The van der Waals surface area contributed by atoms with Crippen molar-refractivity contribution in [3.05, 3.63) is 92.9 Å². The molecule has 0 saturated carbocycles. The van der Waals surface area contributed by atoms with Gasteiger partial charge in [0.25, 0.3) is 11.8 Å². The quantitative estimate of drug-likeness (QED) is 0.139. The third kappa shape index (κ3) is 8.64. The van der Waals surface area contributed by atoms with E-state index >= 15 is 0 Å². The van der Waals surface area contributed by atoms with Crippen LogP contribution < -0.4 is 25.0 Å². The molecule has 0 saturated heterocycles. The number of benzene rings is 3. The molecule has 39 heavy (non-hydrogen) atoms. The molecule has 0 spiro atoms. The van der Waals surface area contributed by atoms with Gasteiger partial charge >= 0.3 is 0 Å². The Kier molecular flexibility index (Phi) is 11.0. The maximum atomic E-state index is 12.6. The van der Waals surface area contributed by atoms with E-state index in [9.17, 15) is 9.59 Å². The number of carbonyl (C=O) groups excluding carboxylic acids is 2. The summed E-state index contributed by atoms with van der Waals surface area (Å²) in [6, 6.07) is 13.0. The number of nitrogens with zero attached hydrogens (tertiary/aromatic N) is 1. The predicted octanol–water partition coefficient (Wildman–Crippen LogP) is 6.70. The van der Waals surface area contributed by atoms with Crippen LogP contribution in [0.4, 0.5) is 5.69 Å². The van der Waals surface area contributed by atoms with Crippen LogP contribution >= 0.6 is 34.8 Å². The molecule has 0 radical (unpaired) electrons. The summed E-state index contributed by atoms with van der Waals surface area (Å²) < 4.78 is 16.6. The molecular weight excluding hydrogens is 565 g/mol. The maximum Gasteiger partial charge on any atom is 0.271 e. The van der Waals surface area contributed by atoms with Crippen LogP contribution in [0.1, 0.15) is 28.4 Å². The zero-order valence-corrected chi connectivity index (χ0v) is 23.5. The van der Waals surface area contributed by atoms with Gasteiger partial charge in [-0.25, -0.2) is 5.43 Å². The van der Waals surface area contributed by atoms with E-state index in [4.69, 9.17) is 49.0 Å². The molecule has 204 valence electrons. The highest BCUT2D eigenvalue weighted by molar-refractivity contribution is 6.37. The number of hydrogen-bond acceptors (Lipinski definition) is 6. The minimum absolute atomic E-state index is 0.138. The van der Waals surface area contributed by atoms with E-state index in [1.165, 1.54) is 18.3 Å². The van der Waals surface area contributed by atoms with Gasteiger partial charge in [0, 0.05) is 16.3 Å². The number of halogens is 3. The Hall–Kier alpha value is -3.72. The normalized spacial score (nSPS) is 10.7. The van der Waals surface area contributed by atoms with Crippen LogP contribution in [0.3, 0.4) is 0 Å². The standard InChI is InChI=1S/C28H26Cl3N3O5/c1-4-10-38-24-9-7-19(13-25(24)37-5-2)28(36)34-32-15-18-11-22(30)27(23(31)12-18)39-16-26(35)33-20-8-6-17(3)21(29)14-20/h4,6-9,11-15H,1,5,10,16H2,2-3H3,(H,33,35)(H,34,36)/b32-15+. The molecule has 8 nitrogen and oxygen atoms in total. The van der Waals surface area contributed by atoms with E-state index < -0.39 is 11.8 Å². The average Bonchev–Trinajstić information content (AvgIpc) is 2.89. The topological polar surface area (TPSA) is 98.3 Å². The third-order valence-corrected chi connectivity index (χ3v) is 6.03. The number of amides is 2. The number of ether oxygens (including phenoxy) is 3. The first-order chi connectivity index (χ1) is 18.7. The molecule has 0 bridgehead atoms. The lowest BCUT2D eigenvalue weighted by Crippen LogP contribution is -2.20. The van der Waals surface area contributed by atoms with E-state index in [2.05, 4.69) is 22.4 Å². The van der Waals surface area contributed by atoms with Gasteiger partial charge in [0.2, 0.25) is 0 Å². The summed E-state index contributed by atoms with van der Waals surface area (Å²) >= 11 is 18.7. The molecule has 0 aromatic heterocycles. The average molecular weight is 591 g/mol. The molecule has 3 aromatic carbocycles. The van der Waals surface area contributed by atoms with E-state index in [0.29, 0.717) is 46.5 Å². The minimum atomic E-state index is -0.458. The predicted molar refractivity (Wildman–Crippen MR) is 155 cm³/mol. The summed E-state index contributed by atoms with van der Waals surface area (Å²) in [5.41, 5.74) is 4.70. The number of carbonyl (C=O) groups is 2. The number of rotatable bonds is 12. The lowest BCUT2D eigenvalue weighted by molar-refractivity contribution is -0.118. The molecule has 3 aromatic rings. The van der Waals surface area contributed by atoms with Crippen molar-refractivity contribution in [2.24, 2.45) is 5.10 Å². The maximum absolute atomic E-state index is 12.6. The Morgan fingerprint density at radius 3 is 2.36 bits per heavy atom. The zero-order chi connectivity index (χ0) is 28.4. The minimum Gasteiger partial charge on any atom is -0.490 e. The van der Waals surface area contributed by atoms with Crippen molar-refractivity contribution in [3.8, 4) is 17.2 Å². The van der Waals surface area contributed by atoms with Crippen LogP contribution in [0.25, 0.3) is 0 Å². The lowest BCUT2D eigenvalue weighted by atomic mass is 10.2. The van der Waals surface area contributed by atoms with Gasteiger partial charge in [-0.2, -0.15) is 5.10 Å². The fourth-order valence-electron chi connectivity index (χ4n) is 3.21. The Balaban J connectivity index is 1.60. The molecule has 0 aliphatic rings. The van der Waals surface area contributed by atoms with Crippen molar-refractivity contribution in [1.29, 1.82) is 0 Å². The van der Waals surface area contributed by atoms with Crippen LogP contribution in [0.15, 0.2) is 66.3 Å². The van der Waals surface area contributed by atoms with Crippen molar-refractivity contribution in [1.82, 2.24) is 5.43 Å². The molecule has 0 aliphatic heterocycles. The van der Waals surface area contributed by atoms with Gasteiger partial charge in [0.1, 0.15) is 6.61 Å². The van der Waals surface area contributed by atoms with Gasteiger partial charge in [-0.05, 0) is 67.4 Å². The fraction of sp³-hybridized carbons (Fsp3) is 0.179. The summed E-state index contributed by atoms with van der Waals surface area (Å²) in [5, 5.41) is 7.53. The highest BCUT2D eigenvalue weighted by Crippen LogP contribution is 2.34. The van der Waals surface area contributed by atoms with E-state index in [0.717, 1.165) is 5.56 Å². The molecule has 11 heteroatoms. The fourth-order valence-corrected chi connectivity index (χ4v) is 4.01.